The van der Waals surface area contributed by atoms with E-state index in [1.807, 2.05) is 0 Å². The quantitative estimate of drug-likeness (QED) is 0.518. The molecule has 0 amide bonds. The molecule has 0 atom stereocenters. The predicted octanol–water partition coefficient (Wildman–Crippen LogP) is 2.37. The van der Waals surface area contributed by atoms with E-state index < -0.39 is 18.0 Å². The molecule has 0 bridgehead atoms. The number of carbonyl (C=O) groups is 1. The lowest BCUT2D eigenvalue weighted by atomic mass is 10.1. The minimum Gasteiger partial charge on any atom is -0.465 e. The highest BCUT2D eigenvalue weighted by Gasteiger charge is 2.37. The first-order chi connectivity index (χ1) is 12.9. The number of pyridine rings is 1. The van der Waals surface area contributed by atoms with Gasteiger partial charge in [0.2, 0.25) is 0 Å². The lowest BCUT2D eigenvalue weighted by Gasteiger charge is -2.08. The Hall–Kier alpha value is -3.24. The number of hydrogen-bond donors (Lipinski definition) is 1. The van der Waals surface area contributed by atoms with Crippen LogP contribution in [0.15, 0.2) is 30.6 Å². The summed E-state index contributed by atoms with van der Waals surface area (Å²) in [6.45, 7) is 0.463. The third-order valence-electron chi connectivity index (χ3n) is 3.68. The number of alkyl halides is 3. The van der Waals surface area contributed by atoms with E-state index in [2.05, 4.69) is 30.3 Å². The van der Waals surface area contributed by atoms with Crippen molar-refractivity contribution in [3.05, 3.63) is 47.5 Å². The first kappa shape index (κ1) is 18.5. The summed E-state index contributed by atoms with van der Waals surface area (Å²) in [5.41, 5.74) is 1.22. The maximum absolute atomic E-state index is 12.9. The van der Waals surface area contributed by atoms with Gasteiger partial charge in [0.05, 0.1) is 12.7 Å². The number of nitrogens with one attached hydrogen (secondary N) is 1. The number of esters is 1. The number of fused-ring (bicyclic) bond motifs is 1. The fourth-order valence-corrected chi connectivity index (χ4v) is 2.42. The number of ether oxygens (including phenoxy) is 1. The second-order valence-corrected chi connectivity index (χ2v) is 5.61. The topological polar surface area (TPSA) is 94.3 Å². The summed E-state index contributed by atoms with van der Waals surface area (Å²) in [7, 11) is 1.29. The van der Waals surface area contributed by atoms with Crippen molar-refractivity contribution < 1.29 is 22.7 Å². The molecule has 11 heteroatoms. The Morgan fingerprint density at radius 3 is 2.81 bits per heavy atom. The third kappa shape index (κ3) is 4.30. The van der Waals surface area contributed by atoms with E-state index >= 15 is 0 Å². The van der Waals surface area contributed by atoms with Crippen molar-refractivity contribution >= 4 is 17.4 Å². The number of hydrogen-bond acceptors (Lipinski definition) is 7. The molecule has 0 saturated heterocycles. The summed E-state index contributed by atoms with van der Waals surface area (Å²) in [5.74, 6) is -1.37. The van der Waals surface area contributed by atoms with Crippen LogP contribution < -0.4 is 5.32 Å². The highest BCUT2D eigenvalue weighted by Crippen LogP contribution is 2.27. The van der Waals surface area contributed by atoms with Crippen molar-refractivity contribution in [1.82, 2.24) is 24.8 Å². The van der Waals surface area contributed by atoms with Gasteiger partial charge in [0.25, 0.3) is 5.82 Å². The summed E-state index contributed by atoms with van der Waals surface area (Å²) in [6.07, 6.45) is -0.301. The van der Waals surface area contributed by atoms with Gasteiger partial charge in [-0.25, -0.2) is 4.79 Å². The van der Waals surface area contributed by atoms with E-state index in [-0.39, 0.29) is 11.5 Å². The zero-order chi connectivity index (χ0) is 19.4. The summed E-state index contributed by atoms with van der Waals surface area (Å²) < 4.78 is 43.9. The predicted molar refractivity (Wildman–Crippen MR) is 88.2 cm³/mol. The third-order valence-corrected chi connectivity index (χ3v) is 3.68. The van der Waals surface area contributed by atoms with Crippen molar-refractivity contribution in [2.75, 3.05) is 19.0 Å². The average Bonchev–Trinajstić information content (AvgIpc) is 3.08. The smallest absolute Gasteiger partial charge is 0.453 e. The van der Waals surface area contributed by atoms with E-state index in [1.165, 1.54) is 25.4 Å². The van der Waals surface area contributed by atoms with Gasteiger partial charge in [0.15, 0.2) is 5.65 Å². The molecule has 3 aromatic rings. The van der Waals surface area contributed by atoms with Gasteiger partial charge in [-0.05, 0) is 36.6 Å². The van der Waals surface area contributed by atoms with Gasteiger partial charge in [0.1, 0.15) is 5.82 Å². The highest BCUT2D eigenvalue weighted by molar-refractivity contribution is 5.89. The Morgan fingerprint density at radius 1 is 1.26 bits per heavy atom. The first-order valence-corrected chi connectivity index (χ1v) is 7.94. The van der Waals surface area contributed by atoms with Crippen LogP contribution in [0.25, 0.3) is 5.65 Å². The maximum atomic E-state index is 12.9. The standard InChI is InChI=1S/C16H15F3N6O2/c1-27-14(26)11-7-10(8-20-9-11)3-2-6-21-12-4-5-13-22-23-15(16(17,18)19)25(13)24-12/h4-5,7-9H,2-3,6H2,1H3,(H,21,24). The van der Waals surface area contributed by atoms with Gasteiger partial charge in [-0.2, -0.15) is 17.7 Å². The monoisotopic (exact) mass is 380 g/mol. The Kier molecular flexibility index (Phi) is 5.19. The minimum atomic E-state index is -4.64. The molecule has 0 fully saturated rings. The zero-order valence-corrected chi connectivity index (χ0v) is 14.2. The average molecular weight is 380 g/mol. The van der Waals surface area contributed by atoms with E-state index in [0.717, 1.165) is 5.56 Å². The molecular formula is C16H15F3N6O2. The molecule has 1 N–H and O–H groups in total. The zero-order valence-electron chi connectivity index (χ0n) is 14.2. The number of rotatable bonds is 6. The van der Waals surface area contributed by atoms with Gasteiger partial charge in [-0.3, -0.25) is 4.98 Å². The van der Waals surface area contributed by atoms with Gasteiger partial charge < -0.3 is 10.1 Å². The molecule has 142 valence electrons. The van der Waals surface area contributed by atoms with E-state index in [0.29, 0.717) is 29.5 Å². The van der Waals surface area contributed by atoms with Crippen molar-refractivity contribution in [3.8, 4) is 0 Å². The first-order valence-electron chi connectivity index (χ1n) is 7.94. The SMILES string of the molecule is COC(=O)c1cncc(CCCNc2ccc3nnc(C(F)(F)F)n3n2)c1. The van der Waals surface area contributed by atoms with Gasteiger partial charge in [-0.15, -0.1) is 15.3 Å². The second kappa shape index (κ2) is 7.56. The second-order valence-electron chi connectivity index (χ2n) is 5.61. The molecule has 0 aliphatic rings. The Bertz CT molecular complexity index is 957. The maximum Gasteiger partial charge on any atom is 0.453 e. The molecule has 0 aliphatic carbocycles. The molecule has 3 aromatic heterocycles. The molecule has 0 saturated carbocycles. The lowest BCUT2D eigenvalue weighted by Crippen LogP contribution is -2.14. The van der Waals surface area contributed by atoms with Crippen LogP contribution >= 0.6 is 0 Å². The largest absolute Gasteiger partial charge is 0.465 e. The van der Waals surface area contributed by atoms with Crippen LogP contribution in [0.5, 0.6) is 0 Å². The summed E-state index contributed by atoms with van der Waals surface area (Å²) in [4.78, 5) is 15.5. The number of carbonyl (C=O) groups excluding carboxylic acids is 1. The number of anilines is 1. The number of halogens is 3. The van der Waals surface area contributed by atoms with Crippen LogP contribution in [0, 0.1) is 0 Å². The Labute approximate surface area is 151 Å². The van der Waals surface area contributed by atoms with Crippen molar-refractivity contribution in [1.29, 1.82) is 0 Å². The Morgan fingerprint density at radius 2 is 2.07 bits per heavy atom. The summed E-state index contributed by atoms with van der Waals surface area (Å²) in [6, 6.07) is 4.63. The number of aryl methyl sites for hydroxylation is 1. The van der Waals surface area contributed by atoms with Gasteiger partial charge in [-0.1, -0.05) is 0 Å². The molecule has 3 heterocycles. The molecule has 0 spiro atoms. The van der Waals surface area contributed by atoms with Crippen molar-refractivity contribution in [3.63, 3.8) is 0 Å². The van der Waals surface area contributed by atoms with Crippen LogP contribution in [-0.4, -0.2) is 44.4 Å². The number of nitrogens with zero attached hydrogens (tertiary/aromatic N) is 5. The fraction of sp³-hybridized carbons (Fsp3) is 0.312. The molecule has 27 heavy (non-hydrogen) atoms. The number of methoxy groups -OCH3 is 1. The molecule has 0 radical (unpaired) electrons. The van der Waals surface area contributed by atoms with Crippen LogP contribution in [0.3, 0.4) is 0 Å². The van der Waals surface area contributed by atoms with Crippen LogP contribution in [-0.2, 0) is 17.3 Å². The van der Waals surface area contributed by atoms with E-state index in [4.69, 9.17) is 0 Å². The molecule has 8 nitrogen and oxygen atoms in total. The molecule has 0 aliphatic heterocycles. The van der Waals surface area contributed by atoms with Crippen molar-refractivity contribution in [2.24, 2.45) is 0 Å². The molecule has 3 rings (SSSR count). The van der Waals surface area contributed by atoms with Crippen LogP contribution in [0.1, 0.15) is 28.2 Å². The lowest BCUT2D eigenvalue weighted by molar-refractivity contribution is -0.146. The fourth-order valence-electron chi connectivity index (χ4n) is 2.42. The van der Waals surface area contributed by atoms with Crippen LogP contribution in [0.4, 0.5) is 19.0 Å². The Balaban J connectivity index is 1.60. The minimum absolute atomic E-state index is 0.0126. The van der Waals surface area contributed by atoms with E-state index in [9.17, 15) is 18.0 Å². The molecule has 0 unspecified atom stereocenters. The number of aromatic nitrogens is 5. The summed E-state index contributed by atoms with van der Waals surface area (Å²) >= 11 is 0. The summed E-state index contributed by atoms with van der Waals surface area (Å²) in [5, 5.41) is 13.4. The van der Waals surface area contributed by atoms with Crippen molar-refractivity contribution in [2.45, 2.75) is 19.0 Å². The van der Waals surface area contributed by atoms with Gasteiger partial charge in [0, 0.05) is 18.9 Å². The normalized spacial score (nSPS) is 11.6. The van der Waals surface area contributed by atoms with E-state index in [1.54, 1.807) is 12.3 Å². The van der Waals surface area contributed by atoms with Gasteiger partial charge >= 0.3 is 12.1 Å². The molecular weight excluding hydrogens is 365 g/mol. The highest BCUT2D eigenvalue weighted by atomic mass is 19.4. The molecule has 0 aromatic carbocycles. The van der Waals surface area contributed by atoms with Crippen LogP contribution in [0.2, 0.25) is 0 Å².